The molecule has 0 unspecified atom stereocenters. The smallest absolute Gasteiger partial charge is 0.269 e. The van der Waals surface area contributed by atoms with E-state index in [1.165, 1.54) is 24.3 Å². The molecular formula is C17H19N3O6S. The van der Waals surface area contributed by atoms with E-state index in [1.54, 1.807) is 12.1 Å². The Hall–Kier alpha value is -2.98. The van der Waals surface area contributed by atoms with E-state index >= 15 is 0 Å². The summed E-state index contributed by atoms with van der Waals surface area (Å²) in [6.45, 7) is -0.206. The van der Waals surface area contributed by atoms with Crippen LogP contribution in [0.2, 0.25) is 0 Å². The molecule has 0 aromatic heterocycles. The number of carbonyl (C=O) groups is 1. The fraction of sp³-hybridized carbons (Fsp3) is 0.235. The topological polar surface area (TPSA) is 128 Å². The lowest BCUT2D eigenvalue weighted by atomic mass is 10.2. The summed E-state index contributed by atoms with van der Waals surface area (Å²) >= 11 is 0. The van der Waals surface area contributed by atoms with Gasteiger partial charge in [0.05, 0.1) is 10.7 Å². The first kappa shape index (κ1) is 20.3. The maximum atomic E-state index is 11.9. The molecule has 1 amide bonds. The van der Waals surface area contributed by atoms with Crippen LogP contribution in [0.1, 0.15) is 5.56 Å². The number of amides is 1. The number of nitrogens with one attached hydrogen (secondary N) is 2. The molecule has 0 atom stereocenters. The van der Waals surface area contributed by atoms with Gasteiger partial charge in [0.1, 0.15) is 5.75 Å². The standard InChI is InChI=1S/C17H19N3O6S/c21-17(13-26-16-8-6-15(7-9-16)20(22)23)18-10-11-27(24,25)19-12-14-4-2-1-3-5-14/h1-9,19H,10-13H2,(H,18,21). The molecule has 0 aliphatic carbocycles. The molecule has 0 bridgehead atoms. The van der Waals surface area contributed by atoms with Crippen molar-refractivity contribution in [2.24, 2.45) is 0 Å². The van der Waals surface area contributed by atoms with Gasteiger partial charge in [0.15, 0.2) is 6.61 Å². The predicted octanol–water partition coefficient (Wildman–Crippen LogP) is 1.21. The van der Waals surface area contributed by atoms with E-state index in [4.69, 9.17) is 4.74 Å². The average molecular weight is 393 g/mol. The van der Waals surface area contributed by atoms with E-state index in [1.807, 2.05) is 18.2 Å². The van der Waals surface area contributed by atoms with Crippen LogP contribution >= 0.6 is 0 Å². The van der Waals surface area contributed by atoms with E-state index in [0.29, 0.717) is 5.75 Å². The van der Waals surface area contributed by atoms with Crippen molar-refractivity contribution in [1.29, 1.82) is 0 Å². The Morgan fingerprint density at radius 3 is 2.37 bits per heavy atom. The van der Waals surface area contributed by atoms with Crippen molar-refractivity contribution in [3.05, 3.63) is 70.3 Å². The molecule has 0 spiro atoms. The summed E-state index contributed by atoms with van der Waals surface area (Å²) in [7, 11) is -3.52. The number of ether oxygens (including phenoxy) is 1. The molecule has 0 saturated carbocycles. The second-order valence-electron chi connectivity index (χ2n) is 5.52. The van der Waals surface area contributed by atoms with Crippen LogP contribution in [-0.4, -0.2) is 38.2 Å². The van der Waals surface area contributed by atoms with Crippen molar-refractivity contribution in [1.82, 2.24) is 10.0 Å². The van der Waals surface area contributed by atoms with Crippen LogP contribution in [-0.2, 0) is 21.4 Å². The zero-order valence-corrected chi connectivity index (χ0v) is 15.1. The fourth-order valence-electron chi connectivity index (χ4n) is 2.05. The Morgan fingerprint density at radius 1 is 1.07 bits per heavy atom. The molecule has 9 nitrogen and oxygen atoms in total. The fourth-order valence-corrected chi connectivity index (χ4v) is 2.95. The van der Waals surface area contributed by atoms with Gasteiger partial charge in [-0.1, -0.05) is 30.3 Å². The minimum atomic E-state index is -3.52. The first-order valence-corrected chi connectivity index (χ1v) is 9.66. The molecule has 0 fully saturated rings. The lowest BCUT2D eigenvalue weighted by Gasteiger charge is -2.09. The summed E-state index contributed by atoms with van der Waals surface area (Å²) in [6, 6.07) is 14.4. The number of benzene rings is 2. The van der Waals surface area contributed by atoms with E-state index in [2.05, 4.69) is 10.0 Å². The molecule has 2 N–H and O–H groups in total. The lowest BCUT2D eigenvalue weighted by Crippen LogP contribution is -2.36. The van der Waals surface area contributed by atoms with Gasteiger partial charge < -0.3 is 10.1 Å². The molecule has 2 rings (SSSR count). The van der Waals surface area contributed by atoms with Crippen LogP contribution in [0, 0.1) is 10.1 Å². The van der Waals surface area contributed by atoms with Gasteiger partial charge in [0.25, 0.3) is 11.6 Å². The number of hydrogen-bond acceptors (Lipinski definition) is 6. The highest BCUT2D eigenvalue weighted by Crippen LogP contribution is 2.16. The molecule has 10 heteroatoms. The maximum absolute atomic E-state index is 11.9. The molecule has 0 aliphatic rings. The summed E-state index contributed by atoms with van der Waals surface area (Å²) in [4.78, 5) is 21.7. The Morgan fingerprint density at radius 2 is 1.74 bits per heavy atom. The van der Waals surface area contributed by atoms with Crippen molar-refractivity contribution < 1.29 is 22.9 Å². The van der Waals surface area contributed by atoms with E-state index in [0.717, 1.165) is 5.56 Å². The first-order chi connectivity index (χ1) is 12.9. The van der Waals surface area contributed by atoms with Gasteiger partial charge >= 0.3 is 0 Å². The number of sulfonamides is 1. The van der Waals surface area contributed by atoms with Crippen LogP contribution in [0.3, 0.4) is 0 Å². The average Bonchev–Trinajstić information content (AvgIpc) is 2.66. The van der Waals surface area contributed by atoms with Crippen molar-refractivity contribution in [3.8, 4) is 5.75 Å². The number of nitrogens with zero attached hydrogens (tertiary/aromatic N) is 1. The number of non-ortho nitro benzene ring substituents is 1. The van der Waals surface area contributed by atoms with Crippen molar-refractivity contribution in [2.45, 2.75) is 6.54 Å². The van der Waals surface area contributed by atoms with Gasteiger partial charge in [-0.2, -0.15) is 0 Å². The summed E-state index contributed by atoms with van der Waals surface area (Å²) in [5, 5.41) is 13.0. The van der Waals surface area contributed by atoms with E-state index < -0.39 is 20.9 Å². The summed E-state index contributed by atoms with van der Waals surface area (Å²) in [6.07, 6.45) is 0. The molecule has 0 radical (unpaired) electrons. The van der Waals surface area contributed by atoms with Crippen molar-refractivity contribution >= 4 is 21.6 Å². The van der Waals surface area contributed by atoms with Crippen LogP contribution in [0.5, 0.6) is 5.75 Å². The molecular weight excluding hydrogens is 374 g/mol. The zero-order chi connectivity index (χ0) is 19.7. The van der Waals surface area contributed by atoms with Gasteiger partial charge in [-0.15, -0.1) is 0 Å². The Labute approximate surface area is 156 Å². The molecule has 144 valence electrons. The van der Waals surface area contributed by atoms with Crippen LogP contribution in [0.25, 0.3) is 0 Å². The van der Waals surface area contributed by atoms with Crippen molar-refractivity contribution in [2.75, 3.05) is 18.9 Å². The van der Waals surface area contributed by atoms with Gasteiger partial charge in [0.2, 0.25) is 10.0 Å². The Kier molecular flexibility index (Phi) is 7.26. The number of rotatable bonds is 10. The zero-order valence-electron chi connectivity index (χ0n) is 14.3. The second-order valence-corrected chi connectivity index (χ2v) is 7.44. The van der Waals surface area contributed by atoms with E-state index in [-0.39, 0.29) is 31.1 Å². The molecule has 0 aliphatic heterocycles. The quantitative estimate of drug-likeness (QED) is 0.461. The van der Waals surface area contributed by atoms with Gasteiger partial charge in [-0.3, -0.25) is 14.9 Å². The van der Waals surface area contributed by atoms with Gasteiger partial charge in [-0.25, -0.2) is 13.1 Å². The molecule has 0 saturated heterocycles. The van der Waals surface area contributed by atoms with Gasteiger partial charge in [0, 0.05) is 25.2 Å². The summed E-state index contributed by atoms with van der Waals surface area (Å²) < 4.78 is 31.5. The van der Waals surface area contributed by atoms with Gasteiger partial charge in [-0.05, 0) is 17.7 Å². The highest BCUT2D eigenvalue weighted by molar-refractivity contribution is 7.89. The minimum absolute atomic E-state index is 0.0629. The third-order valence-electron chi connectivity index (χ3n) is 3.45. The molecule has 2 aromatic carbocycles. The Balaban J connectivity index is 1.68. The summed E-state index contributed by atoms with van der Waals surface area (Å²) in [5.41, 5.74) is 0.751. The number of carbonyl (C=O) groups excluding carboxylic acids is 1. The molecule has 27 heavy (non-hydrogen) atoms. The number of nitro benzene ring substituents is 1. The lowest BCUT2D eigenvalue weighted by molar-refractivity contribution is -0.384. The van der Waals surface area contributed by atoms with E-state index in [9.17, 15) is 23.3 Å². The largest absolute Gasteiger partial charge is 0.484 e. The third-order valence-corrected chi connectivity index (χ3v) is 4.78. The van der Waals surface area contributed by atoms with Crippen LogP contribution in [0.15, 0.2) is 54.6 Å². The summed E-state index contributed by atoms with van der Waals surface area (Å²) in [5.74, 6) is -0.456. The highest BCUT2D eigenvalue weighted by Gasteiger charge is 2.11. The maximum Gasteiger partial charge on any atom is 0.269 e. The normalized spacial score (nSPS) is 11.0. The third kappa shape index (κ3) is 7.42. The number of nitro groups is 1. The monoisotopic (exact) mass is 393 g/mol. The van der Waals surface area contributed by atoms with Crippen LogP contribution in [0.4, 0.5) is 5.69 Å². The second kappa shape index (κ2) is 9.64. The molecule has 0 heterocycles. The SMILES string of the molecule is O=C(COc1ccc([N+](=O)[O-])cc1)NCCS(=O)(=O)NCc1ccccc1. The number of hydrogen-bond donors (Lipinski definition) is 2. The molecule has 2 aromatic rings. The Bertz CT molecular complexity index is 869. The highest BCUT2D eigenvalue weighted by atomic mass is 32.2. The van der Waals surface area contributed by atoms with Crippen LogP contribution < -0.4 is 14.8 Å². The first-order valence-electron chi connectivity index (χ1n) is 8.01. The predicted molar refractivity (Wildman–Crippen MR) is 98.7 cm³/mol. The minimum Gasteiger partial charge on any atom is -0.484 e. The van der Waals surface area contributed by atoms with Crippen molar-refractivity contribution in [3.63, 3.8) is 0 Å².